The Hall–Kier alpha value is -1.16. The number of nitrogens with one attached hydrogen (secondary N) is 1. The molecule has 16 heavy (non-hydrogen) atoms. The molecule has 1 aliphatic heterocycles. The maximum Gasteiger partial charge on any atom is 0.256 e. The van der Waals surface area contributed by atoms with Crippen molar-refractivity contribution in [1.82, 2.24) is 14.9 Å². The van der Waals surface area contributed by atoms with Crippen molar-refractivity contribution in [3.05, 3.63) is 27.9 Å². The highest BCUT2D eigenvalue weighted by Crippen LogP contribution is 2.19. The van der Waals surface area contributed by atoms with Crippen molar-refractivity contribution >= 4 is 0 Å². The summed E-state index contributed by atoms with van der Waals surface area (Å²) >= 11 is 0. The van der Waals surface area contributed by atoms with Crippen molar-refractivity contribution in [1.29, 1.82) is 0 Å². The third-order valence-electron chi connectivity index (χ3n) is 3.72. The summed E-state index contributed by atoms with van der Waals surface area (Å²) in [7, 11) is 0. The molecule has 1 N–H and O–H groups in total. The first-order valence-electron chi connectivity index (χ1n) is 6.16. The summed E-state index contributed by atoms with van der Waals surface area (Å²) in [6.07, 6.45) is 6.85. The molecule has 0 bridgehead atoms. The second kappa shape index (κ2) is 4.01. The molecule has 0 aromatic carbocycles. The molecular formula is C12H17N3O. The van der Waals surface area contributed by atoms with Crippen molar-refractivity contribution in [3.8, 4) is 0 Å². The van der Waals surface area contributed by atoms with Crippen molar-refractivity contribution in [2.75, 3.05) is 13.1 Å². The highest BCUT2D eigenvalue weighted by molar-refractivity contribution is 5.22. The molecule has 0 radical (unpaired) electrons. The van der Waals surface area contributed by atoms with E-state index in [-0.39, 0.29) is 5.56 Å². The average molecular weight is 219 g/mol. The van der Waals surface area contributed by atoms with Gasteiger partial charge in [0.15, 0.2) is 0 Å². The number of hydrogen-bond acceptors (Lipinski definition) is 3. The minimum atomic E-state index is 0.217. The SMILES string of the molecule is O=c1c2c(ncn1C1CCNCC1)CCC2. The fourth-order valence-corrected chi connectivity index (χ4v) is 2.79. The van der Waals surface area contributed by atoms with E-state index in [1.54, 1.807) is 6.33 Å². The van der Waals surface area contributed by atoms with E-state index in [1.807, 2.05) is 4.57 Å². The van der Waals surface area contributed by atoms with Gasteiger partial charge in [0.1, 0.15) is 0 Å². The number of hydrogen-bond donors (Lipinski definition) is 1. The fourth-order valence-electron chi connectivity index (χ4n) is 2.79. The van der Waals surface area contributed by atoms with Gasteiger partial charge >= 0.3 is 0 Å². The molecule has 0 spiro atoms. The van der Waals surface area contributed by atoms with E-state index < -0.39 is 0 Å². The molecule has 2 aliphatic rings. The lowest BCUT2D eigenvalue weighted by atomic mass is 10.1. The Balaban J connectivity index is 1.98. The van der Waals surface area contributed by atoms with Gasteiger partial charge in [-0.25, -0.2) is 4.98 Å². The topological polar surface area (TPSA) is 46.9 Å². The molecular weight excluding hydrogens is 202 g/mol. The van der Waals surface area contributed by atoms with Gasteiger partial charge in [-0.3, -0.25) is 9.36 Å². The number of nitrogens with zero attached hydrogens (tertiary/aromatic N) is 2. The van der Waals surface area contributed by atoms with E-state index in [0.29, 0.717) is 6.04 Å². The van der Waals surface area contributed by atoms with E-state index in [1.165, 1.54) is 0 Å². The second-order valence-electron chi connectivity index (χ2n) is 4.72. The predicted molar refractivity (Wildman–Crippen MR) is 61.7 cm³/mol. The number of piperidine rings is 1. The molecule has 2 heterocycles. The molecule has 0 atom stereocenters. The monoisotopic (exact) mass is 219 g/mol. The normalized spacial score (nSPS) is 21.0. The van der Waals surface area contributed by atoms with Crippen LogP contribution in [0.25, 0.3) is 0 Å². The van der Waals surface area contributed by atoms with Gasteiger partial charge in [0.2, 0.25) is 0 Å². The summed E-state index contributed by atoms with van der Waals surface area (Å²) in [5, 5.41) is 3.32. The molecule has 0 unspecified atom stereocenters. The molecule has 1 aromatic heterocycles. The van der Waals surface area contributed by atoms with Crippen LogP contribution < -0.4 is 10.9 Å². The number of aryl methyl sites for hydroxylation is 1. The maximum absolute atomic E-state index is 12.3. The molecule has 1 saturated heterocycles. The van der Waals surface area contributed by atoms with E-state index in [4.69, 9.17) is 0 Å². The van der Waals surface area contributed by atoms with Crippen LogP contribution in [0, 0.1) is 0 Å². The summed E-state index contributed by atoms with van der Waals surface area (Å²) in [6.45, 7) is 2.02. The summed E-state index contributed by atoms with van der Waals surface area (Å²) in [5.74, 6) is 0. The molecule has 1 aliphatic carbocycles. The van der Waals surface area contributed by atoms with Gasteiger partial charge in [-0.05, 0) is 45.2 Å². The number of rotatable bonds is 1. The van der Waals surface area contributed by atoms with Crippen LogP contribution in [-0.2, 0) is 12.8 Å². The molecule has 0 saturated carbocycles. The van der Waals surface area contributed by atoms with Gasteiger partial charge in [-0.15, -0.1) is 0 Å². The Morgan fingerprint density at radius 1 is 1.31 bits per heavy atom. The fraction of sp³-hybridized carbons (Fsp3) is 0.667. The molecule has 1 fully saturated rings. The van der Waals surface area contributed by atoms with E-state index in [9.17, 15) is 4.79 Å². The highest BCUT2D eigenvalue weighted by Gasteiger charge is 2.21. The smallest absolute Gasteiger partial charge is 0.256 e. The van der Waals surface area contributed by atoms with Crippen molar-refractivity contribution in [2.45, 2.75) is 38.1 Å². The molecule has 4 nitrogen and oxygen atoms in total. The van der Waals surface area contributed by atoms with Gasteiger partial charge in [0, 0.05) is 11.6 Å². The summed E-state index contributed by atoms with van der Waals surface area (Å²) < 4.78 is 1.87. The van der Waals surface area contributed by atoms with Crippen LogP contribution in [0.3, 0.4) is 0 Å². The summed E-state index contributed by atoms with van der Waals surface area (Å²) in [6, 6.07) is 0.354. The maximum atomic E-state index is 12.3. The van der Waals surface area contributed by atoms with Gasteiger partial charge in [0.25, 0.3) is 5.56 Å². The Labute approximate surface area is 94.7 Å². The van der Waals surface area contributed by atoms with Crippen LogP contribution in [0.1, 0.15) is 36.6 Å². The Bertz CT molecular complexity index is 446. The Morgan fingerprint density at radius 2 is 2.12 bits per heavy atom. The number of aromatic nitrogens is 2. The van der Waals surface area contributed by atoms with Crippen molar-refractivity contribution in [3.63, 3.8) is 0 Å². The second-order valence-corrected chi connectivity index (χ2v) is 4.72. The van der Waals surface area contributed by atoms with Crippen molar-refractivity contribution < 1.29 is 0 Å². The highest BCUT2D eigenvalue weighted by atomic mass is 16.1. The van der Waals surface area contributed by atoms with Gasteiger partial charge < -0.3 is 5.32 Å². The first kappa shape index (κ1) is 10.0. The molecule has 1 aromatic rings. The third-order valence-corrected chi connectivity index (χ3v) is 3.72. The lowest BCUT2D eigenvalue weighted by molar-refractivity contribution is 0.356. The van der Waals surface area contributed by atoms with Crippen LogP contribution in [-0.4, -0.2) is 22.6 Å². The molecule has 3 rings (SSSR count). The van der Waals surface area contributed by atoms with Crippen LogP contribution in [0.15, 0.2) is 11.1 Å². The van der Waals surface area contributed by atoms with Gasteiger partial charge in [-0.1, -0.05) is 0 Å². The zero-order chi connectivity index (χ0) is 11.0. The minimum absolute atomic E-state index is 0.217. The zero-order valence-corrected chi connectivity index (χ0v) is 9.41. The van der Waals surface area contributed by atoms with Crippen molar-refractivity contribution in [2.24, 2.45) is 0 Å². The first-order valence-corrected chi connectivity index (χ1v) is 6.16. The van der Waals surface area contributed by atoms with Gasteiger partial charge in [-0.2, -0.15) is 0 Å². The summed E-state index contributed by atoms with van der Waals surface area (Å²) in [5.41, 5.74) is 2.23. The predicted octanol–water partition coefficient (Wildman–Crippen LogP) is 0.656. The summed E-state index contributed by atoms with van der Waals surface area (Å²) in [4.78, 5) is 16.7. The van der Waals surface area contributed by atoms with E-state index >= 15 is 0 Å². The number of fused-ring (bicyclic) bond motifs is 1. The molecule has 0 amide bonds. The van der Waals surface area contributed by atoms with Gasteiger partial charge in [0.05, 0.1) is 12.0 Å². The average Bonchev–Trinajstić information content (AvgIpc) is 2.80. The Morgan fingerprint density at radius 3 is 2.94 bits per heavy atom. The van der Waals surface area contributed by atoms with Crippen LogP contribution in [0.5, 0.6) is 0 Å². The third kappa shape index (κ3) is 1.57. The lowest BCUT2D eigenvalue weighted by Crippen LogP contribution is -2.35. The van der Waals surface area contributed by atoms with Crippen LogP contribution in [0.2, 0.25) is 0 Å². The molecule has 4 heteroatoms. The van der Waals surface area contributed by atoms with Crippen LogP contribution in [0.4, 0.5) is 0 Å². The van der Waals surface area contributed by atoms with Crippen LogP contribution >= 0.6 is 0 Å². The lowest BCUT2D eigenvalue weighted by Gasteiger charge is -2.24. The minimum Gasteiger partial charge on any atom is -0.317 e. The van der Waals surface area contributed by atoms with E-state index in [2.05, 4.69) is 10.3 Å². The standard InChI is InChI=1S/C12H17N3O/c16-12-10-2-1-3-11(10)14-8-15(12)9-4-6-13-7-5-9/h8-9,13H,1-7H2. The Kier molecular flexibility index (Phi) is 2.52. The van der Waals surface area contributed by atoms with E-state index in [0.717, 1.165) is 56.5 Å². The largest absolute Gasteiger partial charge is 0.317 e. The molecule has 86 valence electrons. The zero-order valence-electron chi connectivity index (χ0n) is 9.41. The first-order chi connectivity index (χ1) is 7.86. The quantitative estimate of drug-likeness (QED) is 0.754.